The molecule has 0 heterocycles. The topological polar surface area (TPSA) is 0 Å². The van der Waals surface area contributed by atoms with E-state index in [1.165, 1.54) is 16.3 Å². The molecule has 0 aromatic heterocycles. The van der Waals surface area contributed by atoms with Gasteiger partial charge >= 0.3 is 86.3 Å². The summed E-state index contributed by atoms with van der Waals surface area (Å²) in [7, 11) is 0. The minimum atomic E-state index is 0.249. The van der Waals surface area contributed by atoms with Gasteiger partial charge in [0.05, 0.1) is 0 Å². The maximum atomic E-state index is 2.27. The van der Waals surface area contributed by atoms with Crippen LogP contribution in [0.2, 0.25) is 0 Å². The van der Waals surface area contributed by atoms with E-state index in [-0.39, 0.29) is 16.3 Å². The van der Waals surface area contributed by atoms with Gasteiger partial charge in [-0.2, -0.15) is 0 Å². The molecule has 0 nitrogen and oxygen atoms in total. The quantitative estimate of drug-likeness (QED) is 0.699. The van der Waals surface area contributed by atoms with E-state index in [1.807, 2.05) is 0 Å². The van der Waals surface area contributed by atoms with Gasteiger partial charge in [-0.3, -0.25) is 0 Å². The molecule has 1 aromatic rings. The number of allylic oxidation sites excluding steroid dienone is 4. The van der Waals surface area contributed by atoms with Gasteiger partial charge in [-0.25, -0.2) is 0 Å². The SMILES string of the molecule is CC1=[C]([V][c]2ccccc2)CC=C1. The molecule has 2 rings (SSSR count). The molecule has 0 unspecified atom stereocenters. The fraction of sp³-hybridized carbons (Fsp3) is 0.167. The van der Waals surface area contributed by atoms with Gasteiger partial charge < -0.3 is 0 Å². The van der Waals surface area contributed by atoms with Crippen LogP contribution in [0.25, 0.3) is 0 Å². The summed E-state index contributed by atoms with van der Waals surface area (Å²) in [6, 6.07) is 10.8. The van der Waals surface area contributed by atoms with E-state index in [2.05, 4.69) is 49.4 Å². The zero-order chi connectivity index (χ0) is 9.10. The molecule has 13 heavy (non-hydrogen) atoms. The standard InChI is InChI=1S/C6H7.C6H5.V/c1-6-4-2-3-5-6;1-2-4-6-5-3-1;/h2,4H,3H2,1H3;1-5H;. The number of benzene rings is 1. The summed E-state index contributed by atoms with van der Waals surface area (Å²) in [6.45, 7) is 2.22. The summed E-state index contributed by atoms with van der Waals surface area (Å²) >= 11 is 0.249. The molecule has 1 heteroatoms. The molecule has 1 aliphatic carbocycles. The molecule has 0 aliphatic heterocycles. The van der Waals surface area contributed by atoms with Crippen molar-refractivity contribution in [1.82, 2.24) is 0 Å². The fourth-order valence-electron chi connectivity index (χ4n) is 1.40. The van der Waals surface area contributed by atoms with Crippen LogP contribution >= 0.6 is 0 Å². The molecule has 0 amide bonds. The van der Waals surface area contributed by atoms with Crippen molar-refractivity contribution >= 4 is 4.28 Å². The first-order chi connectivity index (χ1) is 6.36. The van der Waals surface area contributed by atoms with Crippen molar-refractivity contribution in [1.29, 1.82) is 0 Å². The molecule has 0 fully saturated rings. The Morgan fingerprint density at radius 2 is 1.92 bits per heavy atom. The van der Waals surface area contributed by atoms with Crippen molar-refractivity contribution in [2.24, 2.45) is 0 Å². The van der Waals surface area contributed by atoms with Crippen LogP contribution < -0.4 is 4.28 Å². The molecular formula is C12H12V. The maximum absolute atomic E-state index is 2.27. The Labute approximate surface area is 86.4 Å². The Balaban J connectivity index is 2.12. The van der Waals surface area contributed by atoms with Crippen LogP contribution in [0.4, 0.5) is 0 Å². The number of hydrogen-bond acceptors (Lipinski definition) is 0. The summed E-state index contributed by atoms with van der Waals surface area (Å²) < 4.78 is 3.17. The van der Waals surface area contributed by atoms with Gasteiger partial charge in [0.2, 0.25) is 0 Å². The average Bonchev–Trinajstić information content (AvgIpc) is 2.54. The van der Waals surface area contributed by atoms with E-state index in [4.69, 9.17) is 0 Å². The van der Waals surface area contributed by atoms with Crippen LogP contribution in [0.1, 0.15) is 13.3 Å². The van der Waals surface area contributed by atoms with Crippen LogP contribution in [-0.4, -0.2) is 0 Å². The van der Waals surface area contributed by atoms with Crippen molar-refractivity contribution in [3.8, 4) is 0 Å². The first kappa shape index (κ1) is 8.86. The van der Waals surface area contributed by atoms with Crippen molar-refractivity contribution in [2.75, 3.05) is 0 Å². The predicted molar refractivity (Wildman–Crippen MR) is 52.5 cm³/mol. The van der Waals surface area contributed by atoms with Gasteiger partial charge in [-0.15, -0.1) is 0 Å². The van der Waals surface area contributed by atoms with Crippen LogP contribution in [-0.2, 0) is 16.3 Å². The van der Waals surface area contributed by atoms with Crippen LogP contribution in [0.15, 0.2) is 52.3 Å². The molecule has 1 aromatic carbocycles. The third-order valence-electron chi connectivity index (χ3n) is 2.15. The summed E-state index contributed by atoms with van der Waals surface area (Å²) in [5, 5.41) is 0. The molecule has 1 aliphatic rings. The molecule has 0 N–H and O–H groups in total. The normalized spacial score (nSPS) is 15.2. The number of rotatable bonds is 2. The van der Waals surface area contributed by atoms with Crippen LogP contribution in [0.3, 0.4) is 0 Å². The molecule has 0 saturated heterocycles. The van der Waals surface area contributed by atoms with E-state index < -0.39 is 0 Å². The van der Waals surface area contributed by atoms with E-state index in [0.717, 1.165) is 0 Å². The molecule has 0 bridgehead atoms. The fourth-order valence-corrected chi connectivity index (χ4v) is 3.08. The van der Waals surface area contributed by atoms with Gasteiger partial charge in [-0.1, -0.05) is 0 Å². The van der Waals surface area contributed by atoms with E-state index in [9.17, 15) is 0 Å². The summed E-state index contributed by atoms with van der Waals surface area (Å²) in [5.74, 6) is 0. The van der Waals surface area contributed by atoms with E-state index in [0.29, 0.717) is 0 Å². The van der Waals surface area contributed by atoms with Crippen molar-refractivity contribution < 1.29 is 16.3 Å². The van der Waals surface area contributed by atoms with Crippen molar-refractivity contribution in [3.63, 3.8) is 0 Å². The van der Waals surface area contributed by atoms with Crippen molar-refractivity contribution in [3.05, 3.63) is 52.3 Å². The van der Waals surface area contributed by atoms with E-state index >= 15 is 0 Å². The zero-order valence-electron chi connectivity index (χ0n) is 7.70. The minimum absolute atomic E-state index is 0.249. The second-order valence-electron chi connectivity index (χ2n) is 3.18. The average molecular weight is 207 g/mol. The number of hydrogen-bond donors (Lipinski definition) is 0. The molecule has 0 atom stereocenters. The first-order valence-electron chi connectivity index (χ1n) is 4.49. The third-order valence-corrected chi connectivity index (χ3v) is 4.28. The first-order valence-corrected chi connectivity index (χ1v) is 5.89. The second-order valence-corrected chi connectivity index (χ2v) is 5.18. The zero-order valence-corrected chi connectivity index (χ0v) is 9.09. The Morgan fingerprint density at radius 3 is 2.54 bits per heavy atom. The van der Waals surface area contributed by atoms with Gasteiger partial charge in [0, 0.05) is 0 Å². The van der Waals surface area contributed by atoms with Gasteiger partial charge in [0.25, 0.3) is 0 Å². The molecule has 0 radical (unpaired) electrons. The third kappa shape index (κ3) is 2.15. The van der Waals surface area contributed by atoms with Crippen LogP contribution in [0, 0.1) is 0 Å². The summed E-state index contributed by atoms with van der Waals surface area (Å²) in [5.41, 5.74) is 1.49. The Morgan fingerprint density at radius 1 is 1.15 bits per heavy atom. The van der Waals surface area contributed by atoms with E-state index in [1.54, 1.807) is 4.28 Å². The Bertz CT molecular complexity index is 347. The van der Waals surface area contributed by atoms with Crippen molar-refractivity contribution in [2.45, 2.75) is 13.3 Å². The Hall–Kier alpha value is -0.716. The second kappa shape index (κ2) is 4.00. The monoisotopic (exact) mass is 207 g/mol. The predicted octanol–water partition coefficient (Wildman–Crippen LogP) is 2.63. The Kier molecular flexibility index (Phi) is 2.72. The van der Waals surface area contributed by atoms with Gasteiger partial charge in [-0.05, 0) is 0 Å². The summed E-state index contributed by atoms with van der Waals surface area (Å²) in [6.07, 6.45) is 5.69. The molecular weight excluding hydrogens is 195 g/mol. The van der Waals surface area contributed by atoms with Gasteiger partial charge in [0.1, 0.15) is 0 Å². The van der Waals surface area contributed by atoms with Gasteiger partial charge in [0.15, 0.2) is 0 Å². The molecule has 0 spiro atoms. The molecule has 65 valence electrons. The molecule has 0 saturated carbocycles. The van der Waals surface area contributed by atoms with Crippen LogP contribution in [0.5, 0.6) is 0 Å². The summed E-state index contributed by atoms with van der Waals surface area (Å²) in [4.78, 5) is 0.